The Kier molecular flexibility index (Phi) is 6.50. The summed E-state index contributed by atoms with van der Waals surface area (Å²) < 4.78 is 0. The molecule has 3 nitrogen and oxygen atoms in total. The van der Waals surface area contributed by atoms with Crippen LogP contribution >= 0.6 is 0 Å². The van der Waals surface area contributed by atoms with Crippen LogP contribution in [0.2, 0.25) is 0 Å². The van der Waals surface area contributed by atoms with Gasteiger partial charge in [0.05, 0.1) is 6.61 Å². The van der Waals surface area contributed by atoms with E-state index in [-0.39, 0.29) is 17.9 Å². The van der Waals surface area contributed by atoms with Crippen LogP contribution < -0.4 is 5.32 Å². The molecule has 150 valence electrons. The zero-order chi connectivity index (χ0) is 20.9. The van der Waals surface area contributed by atoms with E-state index in [0.717, 1.165) is 28.8 Å². The van der Waals surface area contributed by atoms with Gasteiger partial charge in [-0.1, -0.05) is 81.4 Å². The van der Waals surface area contributed by atoms with Gasteiger partial charge in [0.25, 0.3) is 0 Å². The molecule has 0 aliphatic carbocycles. The van der Waals surface area contributed by atoms with Gasteiger partial charge in [0.1, 0.15) is 0 Å². The number of anilines is 1. The molecule has 0 atom stereocenters. The van der Waals surface area contributed by atoms with E-state index in [0.29, 0.717) is 6.42 Å². The van der Waals surface area contributed by atoms with E-state index in [1.807, 2.05) is 48.5 Å². The molecule has 0 fully saturated rings. The summed E-state index contributed by atoms with van der Waals surface area (Å²) in [5.74, 6) is 0.0117. The summed E-state index contributed by atoms with van der Waals surface area (Å²) >= 11 is 0. The molecule has 0 spiro atoms. The average Bonchev–Trinajstić information content (AvgIpc) is 2.72. The molecule has 1 amide bonds. The Hall–Kier alpha value is -2.91. The van der Waals surface area contributed by atoms with E-state index in [2.05, 4.69) is 50.4 Å². The fourth-order valence-corrected chi connectivity index (χ4v) is 3.23. The Balaban J connectivity index is 1.59. The maximum Gasteiger partial charge on any atom is 0.224 e. The van der Waals surface area contributed by atoms with E-state index in [9.17, 15) is 9.90 Å². The predicted molar refractivity (Wildman–Crippen MR) is 120 cm³/mol. The van der Waals surface area contributed by atoms with Crippen LogP contribution in [0.5, 0.6) is 0 Å². The number of rotatable bonds is 6. The number of aliphatic hydroxyl groups excluding tert-OH is 1. The van der Waals surface area contributed by atoms with Crippen molar-refractivity contribution in [3.8, 4) is 11.1 Å². The number of aryl methyl sites for hydroxylation is 1. The van der Waals surface area contributed by atoms with Gasteiger partial charge < -0.3 is 10.4 Å². The van der Waals surface area contributed by atoms with Gasteiger partial charge in [0.15, 0.2) is 0 Å². The number of carbonyl (C=O) groups is 1. The molecule has 0 heterocycles. The van der Waals surface area contributed by atoms with Gasteiger partial charge in [-0.15, -0.1) is 0 Å². The molecule has 0 bridgehead atoms. The summed E-state index contributed by atoms with van der Waals surface area (Å²) in [7, 11) is 0. The molecule has 29 heavy (non-hydrogen) atoms. The van der Waals surface area contributed by atoms with E-state index >= 15 is 0 Å². The van der Waals surface area contributed by atoms with E-state index in [1.54, 1.807) is 0 Å². The highest BCUT2D eigenvalue weighted by Crippen LogP contribution is 2.24. The molecule has 2 N–H and O–H groups in total. The summed E-state index contributed by atoms with van der Waals surface area (Å²) in [6.07, 6.45) is 1.17. The van der Waals surface area contributed by atoms with Gasteiger partial charge in [-0.25, -0.2) is 0 Å². The summed E-state index contributed by atoms with van der Waals surface area (Å²) in [4.78, 5) is 12.4. The van der Waals surface area contributed by atoms with E-state index < -0.39 is 0 Å². The zero-order valence-corrected chi connectivity index (χ0v) is 17.4. The second-order valence-electron chi connectivity index (χ2n) is 8.43. The molecule has 0 aliphatic heterocycles. The van der Waals surface area contributed by atoms with Crippen molar-refractivity contribution < 1.29 is 9.90 Å². The van der Waals surface area contributed by atoms with Crippen LogP contribution in [0.4, 0.5) is 5.69 Å². The third kappa shape index (κ3) is 5.78. The Bertz CT molecular complexity index is 951. The molecule has 0 aliphatic rings. The first-order valence-electron chi connectivity index (χ1n) is 10.0. The second-order valence-corrected chi connectivity index (χ2v) is 8.43. The van der Waals surface area contributed by atoms with Crippen molar-refractivity contribution in [2.24, 2.45) is 0 Å². The minimum atomic E-state index is 0.0117. The number of nitrogens with one attached hydrogen (secondary N) is 1. The predicted octanol–water partition coefficient (Wildman–Crippen LogP) is 5.71. The lowest BCUT2D eigenvalue weighted by Gasteiger charge is -2.19. The molecular weight excluding hydrogens is 358 g/mol. The first-order chi connectivity index (χ1) is 13.8. The third-order valence-electron chi connectivity index (χ3n) is 5.08. The van der Waals surface area contributed by atoms with Crippen molar-refractivity contribution in [1.82, 2.24) is 0 Å². The van der Waals surface area contributed by atoms with Gasteiger partial charge in [-0.3, -0.25) is 4.79 Å². The van der Waals surface area contributed by atoms with E-state index in [4.69, 9.17) is 0 Å². The largest absolute Gasteiger partial charge is 0.392 e. The normalized spacial score (nSPS) is 11.3. The minimum Gasteiger partial charge on any atom is -0.392 e. The lowest BCUT2D eigenvalue weighted by molar-refractivity contribution is -0.116. The number of amides is 1. The van der Waals surface area contributed by atoms with Crippen molar-refractivity contribution in [1.29, 1.82) is 0 Å². The number of carbonyl (C=O) groups excluding carboxylic acids is 1. The molecule has 0 unspecified atom stereocenters. The van der Waals surface area contributed by atoms with Gasteiger partial charge in [-0.05, 0) is 51.8 Å². The van der Waals surface area contributed by atoms with Crippen LogP contribution in [0.15, 0.2) is 72.8 Å². The number of hydrogen-bond donors (Lipinski definition) is 2. The van der Waals surface area contributed by atoms with Crippen LogP contribution in [-0.2, 0) is 23.2 Å². The highest BCUT2D eigenvalue weighted by molar-refractivity contribution is 5.91. The third-order valence-corrected chi connectivity index (χ3v) is 5.08. The Morgan fingerprint density at radius 3 is 2.14 bits per heavy atom. The SMILES string of the molecule is CC(C)(C)c1ccc(CCC(=O)Nc2cccc(-c3ccc(CO)cc3)c2)cc1. The van der Waals surface area contributed by atoms with Crippen molar-refractivity contribution in [2.75, 3.05) is 5.32 Å². The van der Waals surface area contributed by atoms with Crippen molar-refractivity contribution in [3.63, 3.8) is 0 Å². The Morgan fingerprint density at radius 2 is 1.52 bits per heavy atom. The number of hydrogen-bond acceptors (Lipinski definition) is 2. The number of aliphatic hydroxyl groups is 1. The average molecular weight is 388 g/mol. The lowest BCUT2D eigenvalue weighted by Crippen LogP contribution is -2.13. The lowest BCUT2D eigenvalue weighted by atomic mass is 9.86. The van der Waals surface area contributed by atoms with Gasteiger partial charge in [0.2, 0.25) is 5.91 Å². The quantitative estimate of drug-likeness (QED) is 0.569. The van der Waals surface area contributed by atoms with Crippen LogP contribution in [-0.4, -0.2) is 11.0 Å². The molecule has 0 radical (unpaired) electrons. The summed E-state index contributed by atoms with van der Waals surface area (Å²) in [6, 6.07) is 24.1. The summed E-state index contributed by atoms with van der Waals surface area (Å²) in [6.45, 7) is 6.63. The number of benzene rings is 3. The Labute approximate surface area is 173 Å². The smallest absolute Gasteiger partial charge is 0.224 e. The first-order valence-corrected chi connectivity index (χ1v) is 10.0. The molecule has 3 aromatic rings. The van der Waals surface area contributed by atoms with Gasteiger partial charge in [-0.2, -0.15) is 0 Å². The van der Waals surface area contributed by atoms with Crippen molar-refractivity contribution >= 4 is 11.6 Å². The zero-order valence-electron chi connectivity index (χ0n) is 17.4. The monoisotopic (exact) mass is 387 g/mol. The fourth-order valence-electron chi connectivity index (χ4n) is 3.23. The minimum absolute atomic E-state index is 0.0117. The topological polar surface area (TPSA) is 49.3 Å². The molecule has 0 aromatic heterocycles. The van der Waals surface area contributed by atoms with E-state index in [1.165, 1.54) is 11.1 Å². The standard InChI is InChI=1S/C26H29NO2/c1-26(2,3)23-14-9-19(10-15-23)11-16-25(29)27-24-6-4-5-22(17-24)21-12-7-20(18-28)8-13-21/h4-10,12-15,17,28H,11,16,18H2,1-3H3,(H,27,29). The van der Waals surface area contributed by atoms with Crippen LogP contribution in [0.3, 0.4) is 0 Å². The maximum atomic E-state index is 12.4. The highest BCUT2D eigenvalue weighted by atomic mass is 16.3. The van der Waals surface area contributed by atoms with Gasteiger partial charge >= 0.3 is 0 Å². The molecular formula is C26H29NO2. The van der Waals surface area contributed by atoms with Gasteiger partial charge in [0, 0.05) is 12.1 Å². The summed E-state index contributed by atoms with van der Waals surface area (Å²) in [5, 5.41) is 12.2. The fraction of sp³-hybridized carbons (Fsp3) is 0.269. The first kappa shape index (κ1) is 20.8. The molecule has 0 saturated heterocycles. The molecule has 3 rings (SSSR count). The van der Waals surface area contributed by atoms with Crippen molar-refractivity contribution in [2.45, 2.75) is 45.6 Å². The highest BCUT2D eigenvalue weighted by Gasteiger charge is 2.13. The van der Waals surface area contributed by atoms with Crippen LogP contribution in [0.25, 0.3) is 11.1 Å². The van der Waals surface area contributed by atoms with Crippen molar-refractivity contribution in [3.05, 3.63) is 89.5 Å². The molecule has 3 aromatic carbocycles. The Morgan fingerprint density at radius 1 is 0.862 bits per heavy atom. The van der Waals surface area contributed by atoms with Crippen LogP contribution in [0, 0.1) is 0 Å². The molecule has 3 heteroatoms. The molecule has 0 saturated carbocycles. The maximum absolute atomic E-state index is 12.4. The summed E-state index contributed by atoms with van der Waals surface area (Å²) in [5.41, 5.74) is 6.37. The second kappa shape index (κ2) is 9.06. The van der Waals surface area contributed by atoms with Crippen LogP contribution in [0.1, 0.15) is 43.9 Å².